The number of pyridine rings is 1. The van der Waals surface area contributed by atoms with Gasteiger partial charge in [-0.2, -0.15) is 5.10 Å². The standard InChI is InChI=1S/C19H28ClN5O3/c1-7-27-11-14-24-15-16(12(2)13(3)23-17(15)20)25(14)22-10-8-9-21-18(26)28-19(4,5)6/h10H,7-9,11H2,1-6H3,(H,21,26). The van der Waals surface area contributed by atoms with E-state index in [1.807, 2.05) is 41.5 Å². The van der Waals surface area contributed by atoms with Crippen LogP contribution in [-0.4, -0.2) is 45.7 Å². The molecule has 1 N–H and O–H groups in total. The molecule has 0 aliphatic rings. The number of halogens is 1. The summed E-state index contributed by atoms with van der Waals surface area (Å²) in [4.78, 5) is 20.6. The van der Waals surface area contributed by atoms with Crippen LogP contribution in [-0.2, 0) is 16.1 Å². The molecule has 0 spiro atoms. The number of hydrogen-bond donors (Lipinski definition) is 1. The van der Waals surface area contributed by atoms with Crippen molar-refractivity contribution in [2.24, 2.45) is 5.10 Å². The lowest BCUT2D eigenvalue weighted by atomic mass is 10.2. The van der Waals surface area contributed by atoms with Gasteiger partial charge in [0.05, 0.1) is 0 Å². The van der Waals surface area contributed by atoms with E-state index < -0.39 is 11.7 Å². The van der Waals surface area contributed by atoms with Gasteiger partial charge in [0.15, 0.2) is 11.0 Å². The number of hydrogen-bond acceptors (Lipinski definition) is 6. The van der Waals surface area contributed by atoms with Crippen molar-refractivity contribution in [1.82, 2.24) is 20.0 Å². The molecule has 2 rings (SSSR count). The number of amides is 1. The molecular formula is C19H28ClN5O3. The lowest BCUT2D eigenvalue weighted by Crippen LogP contribution is -2.33. The van der Waals surface area contributed by atoms with E-state index in [0.717, 1.165) is 16.8 Å². The Morgan fingerprint density at radius 1 is 1.32 bits per heavy atom. The first kappa shape index (κ1) is 22.1. The first-order chi connectivity index (χ1) is 13.1. The third-order valence-electron chi connectivity index (χ3n) is 3.85. The Morgan fingerprint density at radius 3 is 2.68 bits per heavy atom. The van der Waals surface area contributed by atoms with E-state index in [0.29, 0.717) is 42.7 Å². The van der Waals surface area contributed by atoms with Gasteiger partial charge in [0.1, 0.15) is 23.2 Å². The van der Waals surface area contributed by atoms with Crippen LogP contribution in [0.3, 0.4) is 0 Å². The summed E-state index contributed by atoms with van der Waals surface area (Å²) in [5, 5.41) is 7.58. The van der Waals surface area contributed by atoms with Gasteiger partial charge in [0.2, 0.25) is 0 Å². The number of carbonyl (C=O) groups is 1. The van der Waals surface area contributed by atoms with Crippen LogP contribution in [0.4, 0.5) is 4.79 Å². The molecule has 9 heteroatoms. The molecule has 0 fully saturated rings. The van der Waals surface area contributed by atoms with Crippen molar-refractivity contribution in [2.45, 2.75) is 60.2 Å². The summed E-state index contributed by atoms with van der Waals surface area (Å²) in [5.41, 5.74) is 2.67. The van der Waals surface area contributed by atoms with E-state index >= 15 is 0 Å². The molecule has 8 nitrogen and oxygen atoms in total. The molecule has 0 aliphatic heterocycles. The molecule has 154 valence electrons. The van der Waals surface area contributed by atoms with Crippen LogP contribution in [0.25, 0.3) is 11.0 Å². The van der Waals surface area contributed by atoms with Crippen molar-refractivity contribution in [3.05, 3.63) is 22.2 Å². The third-order valence-corrected chi connectivity index (χ3v) is 4.12. The maximum atomic E-state index is 11.7. The van der Waals surface area contributed by atoms with Crippen LogP contribution >= 0.6 is 11.6 Å². The number of rotatable bonds is 7. The zero-order chi connectivity index (χ0) is 20.9. The molecule has 2 aromatic heterocycles. The lowest BCUT2D eigenvalue weighted by Gasteiger charge is -2.19. The molecule has 2 aromatic rings. The average Bonchev–Trinajstić information content (AvgIpc) is 2.95. The van der Waals surface area contributed by atoms with Gasteiger partial charge < -0.3 is 14.8 Å². The van der Waals surface area contributed by atoms with Gasteiger partial charge in [0, 0.05) is 31.5 Å². The minimum absolute atomic E-state index is 0.313. The topological polar surface area (TPSA) is 90.6 Å². The molecule has 28 heavy (non-hydrogen) atoms. The van der Waals surface area contributed by atoms with Crippen molar-refractivity contribution in [3.63, 3.8) is 0 Å². The minimum Gasteiger partial charge on any atom is -0.444 e. The molecule has 0 bridgehead atoms. The summed E-state index contributed by atoms with van der Waals surface area (Å²) >= 11 is 6.28. The summed E-state index contributed by atoms with van der Waals surface area (Å²) < 4.78 is 12.4. The van der Waals surface area contributed by atoms with Gasteiger partial charge in [-0.3, -0.25) is 0 Å². The zero-order valence-electron chi connectivity index (χ0n) is 17.3. The summed E-state index contributed by atoms with van der Waals surface area (Å²) in [6, 6.07) is 0. The van der Waals surface area contributed by atoms with Crippen LogP contribution in [0.15, 0.2) is 5.10 Å². The van der Waals surface area contributed by atoms with Crippen molar-refractivity contribution >= 4 is 34.9 Å². The van der Waals surface area contributed by atoms with Crippen molar-refractivity contribution in [1.29, 1.82) is 0 Å². The van der Waals surface area contributed by atoms with E-state index in [-0.39, 0.29) is 0 Å². The largest absolute Gasteiger partial charge is 0.444 e. The maximum absolute atomic E-state index is 11.7. The number of aryl methyl sites for hydroxylation is 2. The second kappa shape index (κ2) is 9.34. The maximum Gasteiger partial charge on any atom is 0.407 e. The van der Waals surface area contributed by atoms with Gasteiger partial charge in [-0.25, -0.2) is 19.4 Å². The van der Waals surface area contributed by atoms with Crippen molar-refractivity contribution < 1.29 is 14.3 Å². The van der Waals surface area contributed by atoms with Gasteiger partial charge in [-0.15, -0.1) is 0 Å². The van der Waals surface area contributed by atoms with Crippen LogP contribution in [0.5, 0.6) is 0 Å². The van der Waals surface area contributed by atoms with Gasteiger partial charge in [-0.1, -0.05) is 11.6 Å². The van der Waals surface area contributed by atoms with E-state index in [2.05, 4.69) is 20.4 Å². The zero-order valence-corrected chi connectivity index (χ0v) is 18.1. The number of ether oxygens (including phenoxy) is 2. The molecule has 0 aliphatic carbocycles. The molecule has 0 saturated heterocycles. The van der Waals surface area contributed by atoms with Gasteiger partial charge in [0.25, 0.3) is 0 Å². The quantitative estimate of drug-likeness (QED) is 0.424. The molecule has 0 unspecified atom stereocenters. The Bertz CT molecular complexity index is 871. The molecule has 0 aromatic carbocycles. The first-order valence-electron chi connectivity index (χ1n) is 9.25. The molecular weight excluding hydrogens is 382 g/mol. The fourth-order valence-electron chi connectivity index (χ4n) is 2.50. The van der Waals surface area contributed by atoms with Crippen LogP contribution < -0.4 is 5.32 Å². The lowest BCUT2D eigenvalue weighted by molar-refractivity contribution is 0.0529. The normalized spacial score (nSPS) is 12.1. The Kier molecular flexibility index (Phi) is 7.37. The highest BCUT2D eigenvalue weighted by atomic mass is 35.5. The van der Waals surface area contributed by atoms with Crippen LogP contribution in [0, 0.1) is 13.8 Å². The highest BCUT2D eigenvalue weighted by Crippen LogP contribution is 2.27. The first-order valence-corrected chi connectivity index (χ1v) is 9.63. The Balaban J connectivity index is 2.18. The SMILES string of the molecule is CCOCc1nc2c(Cl)nc(C)c(C)c2n1N=CCCNC(=O)OC(C)(C)C. The average molecular weight is 410 g/mol. The van der Waals surface area contributed by atoms with Crippen LogP contribution in [0.2, 0.25) is 5.15 Å². The highest BCUT2D eigenvalue weighted by molar-refractivity contribution is 6.33. The number of alkyl carbamates (subject to hydrolysis) is 1. The molecule has 0 radical (unpaired) electrons. The predicted molar refractivity (Wildman–Crippen MR) is 110 cm³/mol. The molecule has 0 saturated carbocycles. The second-order valence-electron chi connectivity index (χ2n) is 7.30. The van der Waals surface area contributed by atoms with Crippen molar-refractivity contribution in [3.8, 4) is 0 Å². The minimum atomic E-state index is -0.523. The smallest absolute Gasteiger partial charge is 0.407 e. The fraction of sp³-hybridized carbons (Fsp3) is 0.579. The summed E-state index contributed by atoms with van der Waals surface area (Å²) in [6.07, 6.45) is 1.80. The van der Waals surface area contributed by atoms with E-state index in [1.54, 1.807) is 10.9 Å². The van der Waals surface area contributed by atoms with Gasteiger partial charge in [-0.05, 0) is 47.1 Å². The summed E-state index contributed by atoms with van der Waals surface area (Å²) in [5.74, 6) is 0.644. The van der Waals surface area contributed by atoms with E-state index in [9.17, 15) is 4.79 Å². The molecule has 0 atom stereocenters. The Labute approximate surface area is 170 Å². The van der Waals surface area contributed by atoms with E-state index in [4.69, 9.17) is 21.1 Å². The highest BCUT2D eigenvalue weighted by Gasteiger charge is 2.18. The number of nitrogens with zero attached hydrogens (tertiary/aromatic N) is 4. The third kappa shape index (κ3) is 5.65. The second-order valence-corrected chi connectivity index (χ2v) is 7.66. The molecule has 1 amide bonds. The summed E-state index contributed by atoms with van der Waals surface area (Å²) in [7, 11) is 0. The number of imidazole rings is 1. The number of aromatic nitrogens is 3. The number of nitrogens with one attached hydrogen (secondary N) is 1. The predicted octanol–water partition coefficient (Wildman–Crippen LogP) is 3.99. The van der Waals surface area contributed by atoms with Gasteiger partial charge >= 0.3 is 6.09 Å². The summed E-state index contributed by atoms with van der Waals surface area (Å²) in [6.45, 7) is 12.5. The number of carbonyl (C=O) groups excluding carboxylic acids is 1. The number of fused-ring (bicyclic) bond motifs is 1. The van der Waals surface area contributed by atoms with Crippen LogP contribution in [0.1, 0.15) is 51.2 Å². The molecule has 2 heterocycles. The monoisotopic (exact) mass is 409 g/mol. The van der Waals surface area contributed by atoms with E-state index in [1.165, 1.54) is 0 Å². The Hall–Kier alpha value is -2.19. The fourth-order valence-corrected chi connectivity index (χ4v) is 2.76. The Morgan fingerprint density at radius 2 is 2.04 bits per heavy atom. The van der Waals surface area contributed by atoms with Crippen molar-refractivity contribution in [2.75, 3.05) is 13.2 Å².